The molecule has 1 aromatic rings. The molecule has 2 unspecified atom stereocenters. The summed E-state index contributed by atoms with van der Waals surface area (Å²) in [4.78, 5) is 0. The fraction of sp³-hybridized carbons (Fsp3) is 0.625. The number of hydrogen-bond donors (Lipinski definition) is 1. The van der Waals surface area contributed by atoms with Crippen molar-refractivity contribution in [3.8, 4) is 5.75 Å². The van der Waals surface area contributed by atoms with E-state index in [4.69, 9.17) is 9.47 Å². The second kappa shape index (κ2) is 4.80. The van der Waals surface area contributed by atoms with Gasteiger partial charge in [0.05, 0.1) is 6.10 Å². The second-order valence-electron chi connectivity index (χ2n) is 6.30. The van der Waals surface area contributed by atoms with Gasteiger partial charge in [-0.1, -0.05) is 18.2 Å². The maximum atomic E-state index is 6.10. The number of nitrogens with one attached hydrogen (secondary N) is 1. The number of para-hydroxylation sites is 1. The molecule has 3 heteroatoms. The van der Waals surface area contributed by atoms with Crippen LogP contribution in [0.15, 0.2) is 18.2 Å². The largest absolute Gasteiger partial charge is 0.487 e. The molecule has 0 spiro atoms. The van der Waals surface area contributed by atoms with E-state index in [1.54, 1.807) is 0 Å². The molecule has 0 saturated carbocycles. The summed E-state index contributed by atoms with van der Waals surface area (Å²) in [5.41, 5.74) is 2.53. The maximum Gasteiger partial charge on any atom is 0.127 e. The van der Waals surface area contributed by atoms with E-state index in [1.165, 1.54) is 11.1 Å². The van der Waals surface area contributed by atoms with Crippen LogP contribution in [0, 0.1) is 0 Å². The summed E-state index contributed by atoms with van der Waals surface area (Å²) >= 11 is 0. The number of benzene rings is 1. The van der Waals surface area contributed by atoms with Crippen molar-refractivity contribution < 1.29 is 9.47 Å². The van der Waals surface area contributed by atoms with E-state index in [1.807, 2.05) is 0 Å². The highest BCUT2D eigenvalue weighted by atomic mass is 16.5. The first kappa shape index (κ1) is 12.9. The van der Waals surface area contributed by atoms with E-state index in [9.17, 15) is 0 Å². The zero-order chi connectivity index (χ0) is 13.5. The molecule has 2 heterocycles. The lowest BCUT2D eigenvalue weighted by Gasteiger charge is -2.20. The van der Waals surface area contributed by atoms with Crippen LogP contribution in [-0.4, -0.2) is 24.4 Å². The number of ether oxygens (including phenoxy) is 2. The van der Waals surface area contributed by atoms with Crippen molar-refractivity contribution in [1.29, 1.82) is 0 Å². The van der Waals surface area contributed by atoms with Gasteiger partial charge in [0.2, 0.25) is 0 Å². The van der Waals surface area contributed by atoms with Crippen LogP contribution < -0.4 is 10.1 Å². The minimum absolute atomic E-state index is 0.0673. The van der Waals surface area contributed by atoms with Crippen molar-refractivity contribution in [2.75, 3.05) is 6.61 Å². The molecule has 0 amide bonds. The van der Waals surface area contributed by atoms with Crippen LogP contribution in [-0.2, 0) is 17.7 Å². The van der Waals surface area contributed by atoms with Gasteiger partial charge in [0.15, 0.2) is 0 Å². The summed E-state index contributed by atoms with van der Waals surface area (Å²) in [6.07, 6.45) is 2.41. The molecule has 1 saturated heterocycles. The van der Waals surface area contributed by atoms with Gasteiger partial charge in [-0.2, -0.15) is 0 Å². The highest BCUT2D eigenvalue weighted by Gasteiger charge is 2.32. The molecule has 1 aromatic carbocycles. The van der Waals surface area contributed by atoms with Gasteiger partial charge in [-0.15, -0.1) is 0 Å². The van der Waals surface area contributed by atoms with Crippen LogP contribution in [0.25, 0.3) is 0 Å². The molecule has 3 rings (SSSR count). The van der Waals surface area contributed by atoms with Crippen molar-refractivity contribution in [1.82, 2.24) is 5.32 Å². The van der Waals surface area contributed by atoms with Crippen LogP contribution in [0.3, 0.4) is 0 Å². The Kier molecular flexibility index (Phi) is 3.27. The summed E-state index contributed by atoms with van der Waals surface area (Å²) in [6, 6.07) is 6.93. The van der Waals surface area contributed by atoms with Gasteiger partial charge in [0, 0.05) is 31.2 Å². The van der Waals surface area contributed by atoms with Crippen LogP contribution in [0.1, 0.15) is 38.3 Å². The van der Waals surface area contributed by atoms with Gasteiger partial charge in [-0.05, 0) is 32.8 Å². The Bertz CT molecular complexity index is 470. The van der Waals surface area contributed by atoms with Crippen molar-refractivity contribution in [2.24, 2.45) is 0 Å². The van der Waals surface area contributed by atoms with Crippen molar-refractivity contribution >= 4 is 0 Å². The lowest BCUT2D eigenvalue weighted by molar-refractivity contribution is 0.112. The van der Waals surface area contributed by atoms with E-state index in [2.05, 4.69) is 44.3 Å². The molecule has 104 valence electrons. The number of fused-ring (bicyclic) bond motifs is 1. The lowest BCUT2D eigenvalue weighted by atomic mass is 10.0. The number of rotatable bonds is 3. The van der Waals surface area contributed by atoms with Gasteiger partial charge in [0.25, 0.3) is 0 Å². The first-order chi connectivity index (χ1) is 9.05. The topological polar surface area (TPSA) is 30.5 Å². The van der Waals surface area contributed by atoms with E-state index in [0.717, 1.165) is 31.7 Å². The zero-order valence-corrected chi connectivity index (χ0v) is 12.0. The molecule has 3 nitrogen and oxygen atoms in total. The minimum Gasteiger partial charge on any atom is -0.487 e. The van der Waals surface area contributed by atoms with Crippen LogP contribution >= 0.6 is 0 Å². The predicted molar refractivity (Wildman–Crippen MR) is 75.5 cm³/mol. The molecule has 19 heavy (non-hydrogen) atoms. The van der Waals surface area contributed by atoms with Gasteiger partial charge in [-0.25, -0.2) is 0 Å². The van der Waals surface area contributed by atoms with E-state index in [0.29, 0.717) is 12.1 Å². The van der Waals surface area contributed by atoms with Gasteiger partial charge < -0.3 is 14.8 Å². The highest BCUT2D eigenvalue weighted by Crippen LogP contribution is 2.37. The van der Waals surface area contributed by atoms with Crippen LogP contribution in [0.4, 0.5) is 0 Å². The molecule has 2 aliphatic rings. The smallest absolute Gasteiger partial charge is 0.127 e. The highest BCUT2D eigenvalue weighted by molar-refractivity contribution is 5.45. The summed E-state index contributed by atoms with van der Waals surface area (Å²) in [5.74, 6) is 1.09. The molecule has 2 atom stereocenters. The normalized spacial score (nSPS) is 28.2. The Morgan fingerprint density at radius 2 is 2.21 bits per heavy atom. The summed E-state index contributed by atoms with van der Waals surface area (Å²) in [5, 5.41) is 3.60. The molecule has 0 aliphatic carbocycles. The number of hydrogen-bond acceptors (Lipinski definition) is 3. The molecular formula is C16H23NO2. The quantitative estimate of drug-likeness (QED) is 0.907. The van der Waals surface area contributed by atoms with Crippen LogP contribution in [0.5, 0.6) is 5.75 Å². The van der Waals surface area contributed by atoms with Crippen molar-refractivity contribution in [3.05, 3.63) is 29.3 Å². The Morgan fingerprint density at radius 3 is 2.95 bits per heavy atom. The Hall–Kier alpha value is -1.06. The third-order valence-corrected chi connectivity index (χ3v) is 4.10. The third kappa shape index (κ3) is 2.63. The van der Waals surface area contributed by atoms with E-state index in [-0.39, 0.29) is 5.60 Å². The molecule has 2 aliphatic heterocycles. The first-order valence-corrected chi connectivity index (χ1v) is 7.20. The average Bonchev–Trinajstić information content (AvgIpc) is 2.88. The molecule has 0 radical (unpaired) electrons. The van der Waals surface area contributed by atoms with Gasteiger partial charge in [-0.3, -0.25) is 0 Å². The maximum absolute atomic E-state index is 6.10. The Morgan fingerprint density at radius 1 is 1.37 bits per heavy atom. The Balaban J connectivity index is 1.71. The van der Waals surface area contributed by atoms with Gasteiger partial charge in [0.1, 0.15) is 11.4 Å². The predicted octanol–water partition coefficient (Wildman–Crippen LogP) is 2.67. The Labute approximate surface area is 115 Å². The fourth-order valence-corrected chi connectivity index (χ4v) is 3.06. The molecule has 0 bridgehead atoms. The monoisotopic (exact) mass is 261 g/mol. The fourth-order valence-electron chi connectivity index (χ4n) is 3.06. The van der Waals surface area contributed by atoms with Crippen molar-refractivity contribution in [3.63, 3.8) is 0 Å². The first-order valence-electron chi connectivity index (χ1n) is 7.20. The standard InChI is InChI=1S/C16H23NO2/c1-11-14(7-8-18-11)17-10-13-6-4-5-12-9-16(2,3)19-15(12)13/h4-6,11,14,17H,7-10H2,1-3H3. The molecule has 0 aromatic heterocycles. The summed E-state index contributed by atoms with van der Waals surface area (Å²) in [7, 11) is 0. The summed E-state index contributed by atoms with van der Waals surface area (Å²) < 4.78 is 11.7. The molecule has 1 fully saturated rings. The van der Waals surface area contributed by atoms with Crippen molar-refractivity contribution in [2.45, 2.75) is 57.9 Å². The van der Waals surface area contributed by atoms with E-state index >= 15 is 0 Å². The summed E-state index contributed by atoms with van der Waals surface area (Å²) in [6.45, 7) is 8.17. The van der Waals surface area contributed by atoms with Crippen LogP contribution in [0.2, 0.25) is 0 Å². The molecular weight excluding hydrogens is 238 g/mol. The second-order valence-corrected chi connectivity index (χ2v) is 6.30. The van der Waals surface area contributed by atoms with Gasteiger partial charge >= 0.3 is 0 Å². The minimum atomic E-state index is -0.0673. The van der Waals surface area contributed by atoms with E-state index < -0.39 is 0 Å². The average molecular weight is 261 g/mol. The zero-order valence-electron chi connectivity index (χ0n) is 12.0. The lowest BCUT2D eigenvalue weighted by Crippen LogP contribution is -2.34. The SMILES string of the molecule is CC1OCCC1NCc1cccc2c1OC(C)(C)C2. The third-order valence-electron chi connectivity index (χ3n) is 4.10. The molecule has 1 N–H and O–H groups in total.